The first-order valence-electron chi connectivity index (χ1n) is 7.04. The van der Waals surface area contributed by atoms with Gasteiger partial charge >= 0.3 is 0 Å². The molecule has 0 bridgehead atoms. The molecule has 2 atom stereocenters. The van der Waals surface area contributed by atoms with Crippen molar-refractivity contribution >= 4 is 28.5 Å². The van der Waals surface area contributed by atoms with Crippen molar-refractivity contribution in [3.63, 3.8) is 0 Å². The standard InChI is InChI=1S/C16H18ClNO2/c1-10-2-5-14-12(6-10)8-15(20-14)16(19)18-9-11-3-4-13(17)7-11/h2,5-6,8,11,13H,3-4,7,9H2,1H3,(H,18,19). The van der Waals surface area contributed by atoms with Crippen molar-refractivity contribution in [2.75, 3.05) is 6.54 Å². The van der Waals surface area contributed by atoms with Gasteiger partial charge in [0, 0.05) is 17.3 Å². The van der Waals surface area contributed by atoms with E-state index in [1.54, 1.807) is 6.07 Å². The SMILES string of the molecule is Cc1ccc2oc(C(=O)NCC3CCC(Cl)C3)cc2c1. The zero-order valence-corrected chi connectivity index (χ0v) is 12.2. The zero-order valence-electron chi connectivity index (χ0n) is 11.5. The van der Waals surface area contributed by atoms with Gasteiger partial charge in [0.05, 0.1) is 0 Å². The van der Waals surface area contributed by atoms with Gasteiger partial charge in [-0.25, -0.2) is 0 Å². The van der Waals surface area contributed by atoms with Gasteiger partial charge in [0.1, 0.15) is 5.58 Å². The number of nitrogens with one attached hydrogen (secondary N) is 1. The second kappa shape index (κ2) is 5.49. The van der Waals surface area contributed by atoms with Gasteiger partial charge in [0.15, 0.2) is 5.76 Å². The van der Waals surface area contributed by atoms with Crippen LogP contribution in [-0.4, -0.2) is 17.8 Å². The molecule has 1 N–H and O–H groups in total. The second-order valence-electron chi connectivity index (χ2n) is 5.64. The number of fused-ring (bicyclic) bond motifs is 1. The van der Waals surface area contributed by atoms with E-state index < -0.39 is 0 Å². The number of furan rings is 1. The monoisotopic (exact) mass is 291 g/mol. The third-order valence-electron chi connectivity index (χ3n) is 3.92. The molecule has 4 heteroatoms. The fourth-order valence-corrected chi connectivity index (χ4v) is 3.18. The normalized spacial score (nSPS) is 22.3. The van der Waals surface area contributed by atoms with Crippen molar-refractivity contribution in [3.05, 3.63) is 35.6 Å². The Hall–Kier alpha value is -1.48. The molecule has 0 saturated heterocycles. The van der Waals surface area contributed by atoms with Crippen molar-refractivity contribution in [2.45, 2.75) is 31.6 Å². The van der Waals surface area contributed by atoms with E-state index >= 15 is 0 Å². The van der Waals surface area contributed by atoms with Crippen LogP contribution in [0.15, 0.2) is 28.7 Å². The molecule has 1 fully saturated rings. The first-order chi connectivity index (χ1) is 9.61. The fourth-order valence-electron chi connectivity index (χ4n) is 2.80. The molecular weight excluding hydrogens is 274 g/mol. The summed E-state index contributed by atoms with van der Waals surface area (Å²) in [6, 6.07) is 7.70. The van der Waals surface area contributed by atoms with Gasteiger partial charge in [-0.1, -0.05) is 11.6 Å². The number of hydrogen-bond donors (Lipinski definition) is 1. The highest BCUT2D eigenvalue weighted by Crippen LogP contribution is 2.29. The van der Waals surface area contributed by atoms with Crippen LogP contribution < -0.4 is 5.32 Å². The van der Waals surface area contributed by atoms with E-state index in [-0.39, 0.29) is 11.3 Å². The number of hydrogen-bond acceptors (Lipinski definition) is 2. The molecule has 1 aromatic carbocycles. The predicted molar refractivity (Wildman–Crippen MR) is 80.3 cm³/mol. The van der Waals surface area contributed by atoms with Crippen molar-refractivity contribution < 1.29 is 9.21 Å². The molecule has 0 radical (unpaired) electrons. The minimum Gasteiger partial charge on any atom is -0.451 e. The lowest BCUT2D eigenvalue weighted by Gasteiger charge is -2.09. The molecule has 1 saturated carbocycles. The van der Waals surface area contributed by atoms with Crippen LogP contribution in [0.3, 0.4) is 0 Å². The third kappa shape index (κ3) is 2.83. The summed E-state index contributed by atoms with van der Waals surface area (Å²) in [5.74, 6) is 0.732. The molecule has 0 spiro atoms. The smallest absolute Gasteiger partial charge is 0.287 e. The number of alkyl halides is 1. The van der Waals surface area contributed by atoms with Crippen LogP contribution in [0, 0.1) is 12.8 Å². The predicted octanol–water partition coefficient (Wildman–Crippen LogP) is 3.88. The Kier molecular flexibility index (Phi) is 3.70. The van der Waals surface area contributed by atoms with Crippen molar-refractivity contribution in [2.24, 2.45) is 5.92 Å². The highest BCUT2D eigenvalue weighted by Gasteiger charge is 2.23. The largest absolute Gasteiger partial charge is 0.451 e. The molecule has 0 aliphatic heterocycles. The number of rotatable bonds is 3. The van der Waals surface area contributed by atoms with Crippen LogP contribution in [0.2, 0.25) is 0 Å². The molecule has 2 unspecified atom stereocenters. The van der Waals surface area contributed by atoms with Crippen LogP contribution >= 0.6 is 11.6 Å². The van der Waals surface area contributed by atoms with Gasteiger partial charge in [-0.3, -0.25) is 4.79 Å². The maximum Gasteiger partial charge on any atom is 0.287 e. The number of benzene rings is 1. The van der Waals surface area contributed by atoms with Gasteiger partial charge in [-0.05, 0) is 50.3 Å². The highest BCUT2D eigenvalue weighted by molar-refractivity contribution is 6.20. The Morgan fingerprint density at radius 1 is 1.40 bits per heavy atom. The zero-order chi connectivity index (χ0) is 14.1. The van der Waals surface area contributed by atoms with Crippen molar-refractivity contribution in [1.29, 1.82) is 0 Å². The summed E-state index contributed by atoms with van der Waals surface area (Å²) in [7, 11) is 0. The molecule has 1 aliphatic rings. The Morgan fingerprint density at radius 3 is 3.00 bits per heavy atom. The van der Waals surface area contributed by atoms with E-state index in [1.807, 2.05) is 25.1 Å². The van der Waals surface area contributed by atoms with Crippen LogP contribution in [0.4, 0.5) is 0 Å². The van der Waals surface area contributed by atoms with Gasteiger partial charge in [-0.2, -0.15) is 0 Å². The molecule has 3 nitrogen and oxygen atoms in total. The Labute approximate surface area is 123 Å². The van der Waals surface area contributed by atoms with Gasteiger partial charge in [-0.15, -0.1) is 11.6 Å². The third-order valence-corrected chi connectivity index (χ3v) is 4.32. The van der Waals surface area contributed by atoms with Crippen molar-refractivity contribution in [3.8, 4) is 0 Å². The molecule has 1 aromatic heterocycles. The van der Waals surface area contributed by atoms with E-state index in [0.717, 1.165) is 35.8 Å². The Bertz CT molecular complexity index is 634. The second-order valence-corrected chi connectivity index (χ2v) is 6.26. The molecule has 2 aromatic rings. The summed E-state index contributed by atoms with van der Waals surface area (Å²) >= 11 is 6.08. The van der Waals surface area contributed by atoms with E-state index in [2.05, 4.69) is 5.32 Å². The Morgan fingerprint density at radius 2 is 2.25 bits per heavy atom. The van der Waals surface area contributed by atoms with E-state index in [0.29, 0.717) is 18.2 Å². The molecular formula is C16H18ClNO2. The van der Waals surface area contributed by atoms with Gasteiger partial charge in [0.25, 0.3) is 5.91 Å². The molecule has 3 rings (SSSR count). The number of carbonyl (C=O) groups excluding carboxylic acids is 1. The minimum atomic E-state index is -0.142. The average Bonchev–Trinajstić information content (AvgIpc) is 3.01. The topological polar surface area (TPSA) is 42.2 Å². The van der Waals surface area contributed by atoms with Gasteiger partial charge in [0.2, 0.25) is 0 Å². The summed E-state index contributed by atoms with van der Waals surface area (Å²) in [4.78, 5) is 12.1. The van der Waals surface area contributed by atoms with Crippen LogP contribution in [0.5, 0.6) is 0 Å². The number of aryl methyl sites for hydroxylation is 1. The molecule has 20 heavy (non-hydrogen) atoms. The molecule has 1 amide bonds. The lowest BCUT2D eigenvalue weighted by Crippen LogP contribution is -2.28. The number of carbonyl (C=O) groups is 1. The van der Waals surface area contributed by atoms with E-state index in [1.165, 1.54) is 0 Å². The van der Waals surface area contributed by atoms with Crippen LogP contribution in [0.25, 0.3) is 11.0 Å². The molecule has 1 aliphatic carbocycles. The van der Waals surface area contributed by atoms with Crippen LogP contribution in [0.1, 0.15) is 35.4 Å². The highest BCUT2D eigenvalue weighted by atomic mass is 35.5. The van der Waals surface area contributed by atoms with Gasteiger partial charge < -0.3 is 9.73 Å². The summed E-state index contributed by atoms with van der Waals surface area (Å²) in [5, 5.41) is 4.18. The molecule has 106 valence electrons. The lowest BCUT2D eigenvalue weighted by atomic mass is 10.1. The minimum absolute atomic E-state index is 0.142. The average molecular weight is 292 g/mol. The van der Waals surface area contributed by atoms with E-state index in [4.69, 9.17) is 16.0 Å². The summed E-state index contributed by atoms with van der Waals surface area (Å²) < 4.78 is 5.58. The first kappa shape index (κ1) is 13.5. The fraction of sp³-hybridized carbons (Fsp3) is 0.438. The summed E-state index contributed by atoms with van der Waals surface area (Å²) in [6.45, 7) is 2.70. The maximum atomic E-state index is 12.1. The van der Waals surface area contributed by atoms with Crippen LogP contribution in [-0.2, 0) is 0 Å². The first-order valence-corrected chi connectivity index (χ1v) is 7.48. The van der Waals surface area contributed by atoms with Crippen molar-refractivity contribution in [1.82, 2.24) is 5.32 Å². The summed E-state index contributed by atoms with van der Waals surface area (Å²) in [6.07, 6.45) is 3.13. The number of amides is 1. The number of halogens is 1. The van der Waals surface area contributed by atoms with E-state index in [9.17, 15) is 4.79 Å². The summed E-state index contributed by atoms with van der Waals surface area (Å²) in [5.41, 5.74) is 1.91. The molecule has 1 heterocycles. The maximum absolute atomic E-state index is 12.1. The lowest BCUT2D eigenvalue weighted by molar-refractivity contribution is 0.0922. The Balaban J connectivity index is 1.66. The quantitative estimate of drug-likeness (QED) is 0.872.